The van der Waals surface area contributed by atoms with Crippen LogP contribution >= 0.6 is 0 Å². The van der Waals surface area contributed by atoms with Gasteiger partial charge >= 0.3 is 6.18 Å². The zero-order valence-corrected chi connectivity index (χ0v) is 22.1. The molecule has 0 saturated heterocycles. The molecule has 1 aliphatic heterocycles. The van der Waals surface area contributed by atoms with Gasteiger partial charge in [0.2, 0.25) is 5.78 Å². The van der Waals surface area contributed by atoms with Gasteiger partial charge in [-0.1, -0.05) is 6.92 Å². The number of phenols is 1. The lowest BCUT2D eigenvalue weighted by Gasteiger charge is -2.50. The third-order valence-electron chi connectivity index (χ3n) is 8.69. The van der Waals surface area contributed by atoms with E-state index in [4.69, 9.17) is 5.73 Å². The summed E-state index contributed by atoms with van der Waals surface area (Å²) in [6, 6.07) is -1.32. The molecule has 216 valence electrons. The van der Waals surface area contributed by atoms with Crippen LogP contribution in [0.4, 0.5) is 13.2 Å². The number of hydrogen-bond acceptors (Lipinski definition) is 9. The van der Waals surface area contributed by atoms with Crippen molar-refractivity contribution in [2.24, 2.45) is 17.6 Å². The number of aliphatic hydroxyl groups is 3. The Morgan fingerprint density at radius 2 is 1.75 bits per heavy atom. The van der Waals surface area contributed by atoms with Crippen LogP contribution in [-0.4, -0.2) is 80.0 Å². The fraction of sp³-hybridized carbons (Fsp3) is 0.519. The highest BCUT2D eigenvalue weighted by atomic mass is 19.4. The Bertz CT molecular complexity index is 1430. The molecule has 4 aliphatic rings. The van der Waals surface area contributed by atoms with Crippen LogP contribution in [0.1, 0.15) is 47.6 Å². The van der Waals surface area contributed by atoms with Gasteiger partial charge < -0.3 is 26.2 Å². The number of carbonyl (C=O) groups is 3. The van der Waals surface area contributed by atoms with Crippen LogP contribution in [0.2, 0.25) is 0 Å². The quantitative estimate of drug-likeness (QED) is 0.342. The summed E-state index contributed by atoms with van der Waals surface area (Å²) in [5.41, 5.74) is -0.981. The summed E-state index contributed by atoms with van der Waals surface area (Å²) in [5.74, 6) is -8.81. The van der Waals surface area contributed by atoms with Crippen molar-refractivity contribution in [2.75, 3.05) is 20.6 Å². The number of benzene rings is 1. The average molecular weight is 566 g/mol. The van der Waals surface area contributed by atoms with Crippen molar-refractivity contribution in [3.8, 4) is 5.75 Å². The van der Waals surface area contributed by atoms with E-state index in [-0.39, 0.29) is 36.2 Å². The Balaban J connectivity index is 1.77. The molecule has 0 spiro atoms. The minimum absolute atomic E-state index is 0.000311. The molecule has 6 N–H and O–H groups in total. The van der Waals surface area contributed by atoms with E-state index >= 15 is 0 Å². The van der Waals surface area contributed by atoms with Crippen LogP contribution in [0.3, 0.4) is 0 Å². The van der Waals surface area contributed by atoms with Crippen molar-refractivity contribution in [1.82, 2.24) is 9.80 Å². The first-order valence-electron chi connectivity index (χ1n) is 12.9. The molecule has 0 bridgehead atoms. The summed E-state index contributed by atoms with van der Waals surface area (Å²) in [5, 5.41) is 45.0. The number of aromatic hydroxyl groups is 1. The molecule has 40 heavy (non-hydrogen) atoms. The number of aliphatic hydroxyl groups excluding tert-OH is 2. The first kappa shape index (κ1) is 28.1. The predicted molar refractivity (Wildman–Crippen MR) is 134 cm³/mol. The normalized spacial score (nSPS) is 28.6. The number of hydrogen-bond donors (Lipinski definition) is 5. The number of amides is 1. The molecule has 1 aromatic carbocycles. The first-order chi connectivity index (χ1) is 18.6. The summed E-state index contributed by atoms with van der Waals surface area (Å²) in [6.07, 6.45) is -4.88. The summed E-state index contributed by atoms with van der Waals surface area (Å²) in [7, 11) is 2.89. The van der Waals surface area contributed by atoms with Crippen LogP contribution in [0, 0.1) is 11.8 Å². The highest BCUT2D eigenvalue weighted by Gasteiger charge is 2.64. The number of ketones is 2. The number of alkyl halides is 3. The van der Waals surface area contributed by atoms with E-state index in [9.17, 15) is 48.0 Å². The van der Waals surface area contributed by atoms with E-state index in [0.29, 0.717) is 13.0 Å². The largest absolute Gasteiger partial charge is 0.508 e. The number of nitrogens with two attached hydrogens (primary N) is 1. The molecule has 0 radical (unpaired) electrons. The van der Waals surface area contributed by atoms with Gasteiger partial charge in [-0.3, -0.25) is 24.2 Å². The summed E-state index contributed by atoms with van der Waals surface area (Å²) < 4.78 is 43.7. The van der Waals surface area contributed by atoms with Gasteiger partial charge in [0, 0.05) is 30.1 Å². The molecule has 5 rings (SSSR count). The van der Waals surface area contributed by atoms with Crippen molar-refractivity contribution in [3.63, 3.8) is 0 Å². The zero-order valence-electron chi connectivity index (χ0n) is 22.1. The van der Waals surface area contributed by atoms with Gasteiger partial charge in [-0.25, -0.2) is 0 Å². The van der Waals surface area contributed by atoms with Crippen LogP contribution in [-0.2, 0) is 40.1 Å². The van der Waals surface area contributed by atoms with Crippen molar-refractivity contribution < 1.29 is 48.0 Å². The molecular weight excluding hydrogens is 535 g/mol. The highest BCUT2D eigenvalue weighted by Crippen LogP contribution is 2.56. The maximum Gasteiger partial charge on any atom is 0.417 e. The van der Waals surface area contributed by atoms with E-state index in [1.54, 1.807) is 4.90 Å². The lowest BCUT2D eigenvalue weighted by atomic mass is 9.57. The monoisotopic (exact) mass is 565 g/mol. The summed E-state index contributed by atoms with van der Waals surface area (Å²) in [4.78, 5) is 42.2. The smallest absolute Gasteiger partial charge is 0.417 e. The minimum Gasteiger partial charge on any atom is -0.508 e. The van der Waals surface area contributed by atoms with Crippen molar-refractivity contribution in [2.45, 2.75) is 57.1 Å². The number of halogens is 3. The number of nitrogens with zero attached hydrogens (tertiary/aromatic N) is 2. The Morgan fingerprint density at radius 1 is 1.12 bits per heavy atom. The van der Waals surface area contributed by atoms with Gasteiger partial charge in [0.15, 0.2) is 11.4 Å². The van der Waals surface area contributed by atoms with Gasteiger partial charge in [0.1, 0.15) is 22.8 Å². The number of carbonyl (C=O) groups excluding carboxylic acids is 3. The second-order valence-electron chi connectivity index (χ2n) is 11.2. The van der Waals surface area contributed by atoms with E-state index < -0.39 is 93.1 Å². The number of rotatable bonds is 4. The van der Waals surface area contributed by atoms with Gasteiger partial charge in [-0.15, -0.1) is 0 Å². The molecule has 0 aromatic heterocycles. The summed E-state index contributed by atoms with van der Waals surface area (Å²) >= 11 is 0. The molecule has 1 aromatic rings. The maximum absolute atomic E-state index is 14.6. The van der Waals surface area contributed by atoms with Crippen LogP contribution in [0.15, 0.2) is 16.9 Å². The van der Waals surface area contributed by atoms with Crippen LogP contribution in [0.5, 0.6) is 5.75 Å². The van der Waals surface area contributed by atoms with E-state index in [0.717, 1.165) is 0 Å². The molecule has 3 aliphatic carbocycles. The standard InChI is InChI=1S/C27H30F3N3O7/c1-4-5-33-8-12-13(9-33)20(34)16-11(18(12)27(28,29)30)6-10-7-14-19(32(2)3)22(36)17(25(31)39)24(38)26(14,40)23(37)15(10)21(16)35/h10,14,19,34-35,38,40H,4-9H2,1-3H3,(H2,31,39)/t10-,14-,19-,26-/m0/s1. The van der Waals surface area contributed by atoms with Crippen molar-refractivity contribution in [3.05, 3.63) is 44.7 Å². The molecule has 4 atom stereocenters. The second-order valence-corrected chi connectivity index (χ2v) is 11.2. The average Bonchev–Trinajstić information content (AvgIpc) is 3.24. The second kappa shape index (κ2) is 9.05. The van der Waals surface area contributed by atoms with E-state index in [2.05, 4.69) is 0 Å². The summed E-state index contributed by atoms with van der Waals surface area (Å²) in [6.45, 7) is 2.31. The first-order valence-corrected chi connectivity index (χ1v) is 12.9. The molecule has 1 heterocycles. The topological polar surface area (TPSA) is 165 Å². The van der Waals surface area contributed by atoms with Crippen molar-refractivity contribution in [1.29, 1.82) is 0 Å². The van der Waals surface area contributed by atoms with E-state index in [1.807, 2.05) is 6.92 Å². The third kappa shape index (κ3) is 3.63. The number of phenolic OH excluding ortho intramolecular Hbond substituents is 1. The fourth-order valence-electron chi connectivity index (χ4n) is 7.15. The Kier molecular flexibility index (Phi) is 6.36. The van der Waals surface area contributed by atoms with Crippen LogP contribution < -0.4 is 5.73 Å². The predicted octanol–water partition coefficient (Wildman–Crippen LogP) is 1.71. The molecular formula is C27H30F3N3O7. The van der Waals surface area contributed by atoms with Gasteiger partial charge in [0.25, 0.3) is 5.91 Å². The number of fused-ring (bicyclic) bond motifs is 4. The van der Waals surface area contributed by atoms with E-state index in [1.165, 1.54) is 19.0 Å². The van der Waals surface area contributed by atoms with Crippen LogP contribution in [0.25, 0.3) is 5.76 Å². The van der Waals surface area contributed by atoms with Gasteiger partial charge in [0.05, 0.1) is 17.2 Å². The fourth-order valence-corrected chi connectivity index (χ4v) is 7.15. The molecule has 1 amide bonds. The zero-order chi connectivity index (χ0) is 29.6. The third-order valence-corrected chi connectivity index (χ3v) is 8.69. The number of likely N-dealkylation sites (N-methyl/N-ethyl adjacent to an activating group) is 1. The van der Waals surface area contributed by atoms with Crippen molar-refractivity contribution >= 4 is 23.2 Å². The SMILES string of the molecule is CCCN1Cc2c(O)c3c(c(C(F)(F)F)c2C1)C[C@H]1C[C@H]2[C@H](N(C)C)C(=O)C(C(N)=O)=C(O)[C@@]2(O)C(=O)C1=C3O. The number of Topliss-reactive ketones (excluding diaryl/α,β-unsaturated/α-hetero) is 2. The highest BCUT2D eigenvalue weighted by molar-refractivity contribution is 6.24. The van der Waals surface area contributed by atoms with Gasteiger partial charge in [-0.05, 0) is 56.9 Å². The molecule has 0 unspecified atom stereocenters. The Labute approximate surface area is 227 Å². The maximum atomic E-state index is 14.6. The molecule has 13 heteroatoms. The molecule has 1 fully saturated rings. The van der Waals surface area contributed by atoms with Gasteiger partial charge in [-0.2, -0.15) is 13.2 Å². The molecule has 1 saturated carbocycles. The molecule has 10 nitrogen and oxygen atoms in total. The number of primary amides is 1. The minimum atomic E-state index is -4.84. The Hall–Kier alpha value is -3.42. The lowest BCUT2D eigenvalue weighted by Crippen LogP contribution is -2.65. The lowest BCUT2D eigenvalue weighted by molar-refractivity contribution is -0.153. The Morgan fingerprint density at radius 3 is 2.30 bits per heavy atom.